The largest absolute Gasteiger partial charge is 0.485 e. The van der Waals surface area contributed by atoms with Crippen molar-refractivity contribution in [1.82, 2.24) is 10.2 Å². The van der Waals surface area contributed by atoms with Crippen molar-refractivity contribution in [1.29, 1.82) is 0 Å². The Morgan fingerprint density at radius 3 is 2.63 bits per heavy atom. The third-order valence-electron chi connectivity index (χ3n) is 5.04. The molecular formula is C20H22N2O5. The molecule has 0 bridgehead atoms. The number of ether oxygens (including phenoxy) is 2. The second kappa shape index (κ2) is 7.73. The first kappa shape index (κ1) is 17.5. The van der Waals surface area contributed by atoms with E-state index in [0.717, 1.165) is 12.8 Å². The Hall–Kier alpha value is -2.96. The highest BCUT2D eigenvalue weighted by atomic mass is 16.6. The summed E-state index contributed by atoms with van der Waals surface area (Å²) in [6.45, 7) is 2.15. The second-order valence-electron chi connectivity index (χ2n) is 6.86. The predicted molar refractivity (Wildman–Crippen MR) is 96.7 cm³/mol. The van der Waals surface area contributed by atoms with E-state index >= 15 is 0 Å². The number of piperidine rings is 1. The van der Waals surface area contributed by atoms with Gasteiger partial charge in [0.15, 0.2) is 11.5 Å². The number of fused-ring (bicyclic) bond motifs is 1. The summed E-state index contributed by atoms with van der Waals surface area (Å²) in [6.07, 6.45) is 4.05. The fourth-order valence-corrected chi connectivity index (χ4v) is 3.42. The van der Waals surface area contributed by atoms with E-state index < -0.39 is 6.10 Å². The Balaban J connectivity index is 1.22. The number of furan rings is 1. The smallest absolute Gasteiger partial charge is 0.264 e. The molecule has 3 heterocycles. The second-order valence-corrected chi connectivity index (χ2v) is 6.86. The van der Waals surface area contributed by atoms with Crippen LogP contribution in [0.5, 0.6) is 11.5 Å². The van der Waals surface area contributed by atoms with Gasteiger partial charge in [0.05, 0.1) is 11.8 Å². The first-order valence-corrected chi connectivity index (χ1v) is 9.18. The van der Waals surface area contributed by atoms with Gasteiger partial charge in [-0.25, -0.2) is 0 Å². The Labute approximate surface area is 157 Å². The lowest BCUT2D eigenvalue weighted by atomic mass is 9.96. The zero-order valence-electron chi connectivity index (χ0n) is 14.9. The van der Waals surface area contributed by atoms with Gasteiger partial charge >= 0.3 is 0 Å². The van der Waals surface area contributed by atoms with Crippen molar-refractivity contribution >= 4 is 11.8 Å². The molecule has 1 aromatic carbocycles. The standard InChI is InChI=1S/C20H22N2O5/c23-19(18-13-26-16-3-1-2-4-17(16)27-18)21-11-14-5-8-22(9-6-14)20(24)15-7-10-25-12-15/h1-4,7,10,12,14,18H,5-6,8-9,11,13H2,(H,21,23)/t18-/m0/s1. The van der Waals surface area contributed by atoms with Gasteiger partial charge in [0.2, 0.25) is 6.10 Å². The van der Waals surface area contributed by atoms with Gasteiger partial charge in [0.25, 0.3) is 11.8 Å². The third-order valence-corrected chi connectivity index (χ3v) is 5.04. The van der Waals surface area contributed by atoms with Crippen LogP contribution in [0.3, 0.4) is 0 Å². The van der Waals surface area contributed by atoms with Crippen molar-refractivity contribution in [2.24, 2.45) is 5.92 Å². The van der Waals surface area contributed by atoms with Crippen molar-refractivity contribution in [3.05, 3.63) is 48.4 Å². The SMILES string of the molecule is O=C(NCC1CCN(C(=O)c2ccoc2)CC1)[C@@H]1COc2ccccc2O1. The summed E-state index contributed by atoms with van der Waals surface area (Å²) >= 11 is 0. The number of nitrogens with one attached hydrogen (secondary N) is 1. The van der Waals surface area contributed by atoms with Crippen LogP contribution in [0.25, 0.3) is 0 Å². The maximum atomic E-state index is 12.4. The van der Waals surface area contributed by atoms with E-state index in [1.165, 1.54) is 12.5 Å². The lowest BCUT2D eigenvalue weighted by Gasteiger charge is -2.32. The van der Waals surface area contributed by atoms with E-state index in [1.54, 1.807) is 12.1 Å². The number of rotatable bonds is 4. The summed E-state index contributed by atoms with van der Waals surface area (Å²) in [7, 11) is 0. The predicted octanol–water partition coefficient (Wildman–Crippen LogP) is 2.09. The number of nitrogens with zero attached hydrogens (tertiary/aromatic N) is 1. The molecule has 27 heavy (non-hydrogen) atoms. The van der Waals surface area contributed by atoms with Gasteiger partial charge in [0, 0.05) is 19.6 Å². The molecule has 2 aliphatic rings. The molecule has 0 saturated carbocycles. The van der Waals surface area contributed by atoms with Crippen LogP contribution in [0, 0.1) is 5.92 Å². The minimum atomic E-state index is -0.636. The molecule has 0 spiro atoms. The summed E-state index contributed by atoms with van der Waals surface area (Å²) in [5, 5.41) is 2.96. The number of benzene rings is 1. The minimum Gasteiger partial charge on any atom is -0.485 e. The van der Waals surface area contributed by atoms with Crippen LogP contribution in [0.15, 0.2) is 47.3 Å². The number of para-hydroxylation sites is 2. The zero-order chi connectivity index (χ0) is 18.6. The summed E-state index contributed by atoms with van der Waals surface area (Å²) in [5.41, 5.74) is 0.580. The van der Waals surface area contributed by atoms with Crippen LogP contribution in [0.1, 0.15) is 23.2 Å². The van der Waals surface area contributed by atoms with Gasteiger partial charge in [0.1, 0.15) is 12.9 Å². The van der Waals surface area contributed by atoms with Crippen LogP contribution in [0.4, 0.5) is 0 Å². The lowest BCUT2D eigenvalue weighted by molar-refractivity contribution is -0.130. The van der Waals surface area contributed by atoms with Crippen LogP contribution < -0.4 is 14.8 Å². The summed E-state index contributed by atoms with van der Waals surface area (Å²) in [4.78, 5) is 26.5. The van der Waals surface area contributed by atoms with Crippen molar-refractivity contribution < 1.29 is 23.5 Å². The van der Waals surface area contributed by atoms with E-state index in [1.807, 2.05) is 23.1 Å². The number of carbonyl (C=O) groups is 2. The average Bonchev–Trinajstić information content (AvgIpc) is 3.26. The average molecular weight is 370 g/mol. The van der Waals surface area contributed by atoms with E-state index in [-0.39, 0.29) is 18.4 Å². The van der Waals surface area contributed by atoms with Gasteiger partial charge < -0.3 is 24.1 Å². The summed E-state index contributed by atoms with van der Waals surface area (Å²) in [6, 6.07) is 9.01. The molecule has 0 radical (unpaired) electrons. The normalized spacial score (nSPS) is 19.6. The van der Waals surface area contributed by atoms with Crippen molar-refractivity contribution in [2.75, 3.05) is 26.2 Å². The third kappa shape index (κ3) is 3.92. The van der Waals surface area contributed by atoms with E-state index in [4.69, 9.17) is 13.9 Å². The highest BCUT2D eigenvalue weighted by molar-refractivity contribution is 5.93. The van der Waals surface area contributed by atoms with Crippen LogP contribution in [-0.4, -0.2) is 49.1 Å². The minimum absolute atomic E-state index is 0.00217. The van der Waals surface area contributed by atoms with E-state index in [0.29, 0.717) is 42.6 Å². The van der Waals surface area contributed by atoms with Crippen molar-refractivity contribution in [3.63, 3.8) is 0 Å². The molecule has 142 valence electrons. The lowest BCUT2D eigenvalue weighted by Crippen LogP contribution is -2.47. The molecule has 1 atom stereocenters. The quantitative estimate of drug-likeness (QED) is 0.891. The molecule has 7 nitrogen and oxygen atoms in total. The van der Waals surface area contributed by atoms with Crippen molar-refractivity contribution in [2.45, 2.75) is 18.9 Å². The number of hydrogen-bond donors (Lipinski definition) is 1. The maximum absolute atomic E-state index is 12.4. The summed E-state index contributed by atoms with van der Waals surface area (Å²) < 4.78 is 16.3. The Bertz CT molecular complexity index is 796. The molecule has 1 aromatic heterocycles. The molecule has 2 aliphatic heterocycles. The Kier molecular flexibility index (Phi) is 5.00. The van der Waals surface area contributed by atoms with Crippen molar-refractivity contribution in [3.8, 4) is 11.5 Å². The molecule has 0 aliphatic carbocycles. The number of carbonyl (C=O) groups excluding carboxylic acids is 2. The van der Waals surface area contributed by atoms with Gasteiger partial charge in [-0.05, 0) is 37.0 Å². The van der Waals surface area contributed by atoms with Gasteiger partial charge in [-0.1, -0.05) is 12.1 Å². The first-order valence-electron chi connectivity index (χ1n) is 9.18. The molecular weight excluding hydrogens is 348 g/mol. The number of hydrogen-bond acceptors (Lipinski definition) is 5. The van der Waals surface area contributed by atoms with Gasteiger partial charge in [-0.3, -0.25) is 9.59 Å². The fourth-order valence-electron chi connectivity index (χ4n) is 3.42. The number of amides is 2. The van der Waals surface area contributed by atoms with Crippen LogP contribution in [-0.2, 0) is 4.79 Å². The first-order chi connectivity index (χ1) is 13.2. The van der Waals surface area contributed by atoms with Gasteiger partial charge in [-0.2, -0.15) is 0 Å². The fraction of sp³-hybridized carbons (Fsp3) is 0.400. The van der Waals surface area contributed by atoms with E-state index in [2.05, 4.69) is 5.32 Å². The van der Waals surface area contributed by atoms with E-state index in [9.17, 15) is 9.59 Å². The highest BCUT2D eigenvalue weighted by Crippen LogP contribution is 2.30. The molecule has 4 rings (SSSR count). The molecule has 2 amide bonds. The number of likely N-dealkylation sites (tertiary alicyclic amines) is 1. The molecule has 1 saturated heterocycles. The van der Waals surface area contributed by atoms with Crippen LogP contribution >= 0.6 is 0 Å². The molecule has 7 heteroatoms. The molecule has 1 N–H and O–H groups in total. The molecule has 1 fully saturated rings. The topological polar surface area (TPSA) is 81.0 Å². The maximum Gasteiger partial charge on any atom is 0.264 e. The Morgan fingerprint density at radius 2 is 1.89 bits per heavy atom. The van der Waals surface area contributed by atoms with Crippen LogP contribution in [0.2, 0.25) is 0 Å². The zero-order valence-corrected chi connectivity index (χ0v) is 14.9. The molecule has 0 unspecified atom stereocenters. The Morgan fingerprint density at radius 1 is 1.11 bits per heavy atom. The monoisotopic (exact) mass is 370 g/mol. The highest BCUT2D eigenvalue weighted by Gasteiger charge is 2.29. The summed E-state index contributed by atoms with van der Waals surface area (Å²) in [5.74, 6) is 1.43. The molecule has 2 aromatic rings. The van der Waals surface area contributed by atoms with Gasteiger partial charge in [-0.15, -0.1) is 0 Å².